The number of hydrogen-bond donors (Lipinski definition) is 0. The van der Waals surface area contributed by atoms with Gasteiger partial charge < -0.3 is 4.57 Å². The number of aryl methyl sites for hydroxylation is 5. The Kier molecular flexibility index (Phi) is 4.82. The summed E-state index contributed by atoms with van der Waals surface area (Å²) < 4.78 is 4.82. The molecule has 2 heterocycles. The van der Waals surface area contributed by atoms with Crippen LogP contribution in [0.4, 0.5) is 0 Å². The van der Waals surface area contributed by atoms with Crippen LogP contribution in [0.1, 0.15) is 27.8 Å². The smallest absolute Gasteiger partial charge is 0.215 e. The number of aromatic nitrogens is 2. The van der Waals surface area contributed by atoms with Gasteiger partial charge in [0.1, 0.15) is 7.05 Å². The number of para-hydroxylation sites is 1. The van der Waals surface area contributed by atoms with Crippen molar-refractivity contribution < 1.29 is 4.57 Å². The summed E-state index contributed by atoms with van der Waals surface area (Å²) in [5, 5.41) is 3.87. The van der Waals surface area contributed by atoms with Crippen LogP contribution < -0.4 is 4.57 Å². The zero-order valence-electron chi connectivity index (χ0n) is 21.4. The minimum absolute atomic E-state index is 1.22. The van der Waals surface area contributed by atoms with Crippen molar-refractivity contribution in [1.82, 2.24) is 4.57 Å². The summed E-state index contributed by atoms with van der Waals surface area (Å²) in [6.45, 7) is 11.0. The van der Waals surface area contributed by atoms with E-state index in [1.807, 2.05) is 0 Å². The summed E-state index contributed by atoms with van der Waals surface area (Å²) in [7, 11) is 2.19. The van der Waals surface area contributed by atoms with E-state index < -0.39 is 0 Å². The third kappa shape index (κ3) is 3.28. The minimum atomic E-state index is 1.22. The van der Waals surface area contributed by atoms with Crippen LogP contribution in [0.2, 0.25) is 0 Å². The normalized spacial score (nSPS) is 11.7. The highest BCUT2D eigenvalue weighted by atomic mass is 15.0. The molecule has 6 rings (SSSR count). The van der Waals surface area contributed by atoms with Crippen molar-refractivity contribution in [2.75, 3.05) is 0 Å². The fourth-order valence-corrected chi connectivity index (χ4v) is 5.68. The van der Waals surface area contributed by atoms with E-state index in [2.05, 4.69) is 130 Å². The standard InChI is InChI=1S/C33H31N2/c1-20-11-13-30-27(16-20)28-17-21(2)12-14-31(28)35(30)33-19-32(26-18-22(3)15-23(4)24(26)5)34(6)29-10-8-7-9-25(29)33/h7-19H,1-6H3/q+1. The first-order valence-electron chi connectivity index (χ1n) is 12.4. The van der Waals surface area contributed by atoms with E-state index >= 15 is 0 Å². The highest BCUT2D eigenvalue weighted by Crippen LogP contribution is 2.37. The first-order chi connectivity index (χ1) is 16.8. The second-order valence-corrected chi connectivity index (χ2v) is 10.1. The van der Waals surface area contributed by atoms with Crippen molar-refractivity contribution in [3.63, 3.8) is 0 Å². The molecule has 6 aromatic rings. The number of hydrogen-bond acceptors (Lipinski definition) is 0. The zero-order chi connectivity index (χ0) is 24.4. The Labute approximate surface area is 207 Å². The Bertz CT molecular complexity index is 1740. The highest BCUT2D eigenvalue weighted by molar-refractivity contribution is 6.10. The maximum atomic E-state index is 2.47. The van der Waals surface area contributed by atoms with Crippen LogP contribution in [-0.4, -0.2) is 4.57 Å². The van der Waals surface area contributed by atoms with Crippen LogP contribution in [0.15, 0.2) is 78.9 Å². The van der Waals surface area contributed by atoms with E-state index in [9.17, 15) is 0 Å². The monoisotopic (exact) mass is 455 g/mol. The van der Waals surface area contributed by atoms with Crippen molar-refractivity contribution in [3.8, 4) is 16.9 Å². The van der Waals surface area contributed by atoms with Gasteiger partial charge >= 0.3 is 0 Å². The first-order valence-corrected chi connectivity index (χ1v) is 12.4. The Balaban J connectivity index is 1.80. The van der Waals surface area contributed by atoms with Gasteiger partial charge in [-0.05, 0) is 82.1 Å². The molecule has 0 N–H and O–H groups in total. The summed E-state index contributed by atoms with van der Waals surface area (Å²) in [5.41, 5.74) is 14.0. The molecule has 0 aliphatic heterocycles. The number of benzene rings is 4. The van der Waals surface area contributed by atoms with Crippen LogP contribution in [0.5, 0.6) is 0 Å². The molecule has 0 aliphatic rings. The third-order valence-electron chi connectivity index (χ3n) is 7.58. The van der Waals surface area contributed by atoms with Gasteiger partial charge in [0, 0.05) is 28.5 Å². The molecule has 0 saturated heterocycles. The predicted molar refractivity (Wildman–Crippen MR) is 149 cm³/mol. The van der Waals surface area contributed by atoms with Gasteiger partial charge in [0.25, 0.3) is 0 Å². The van der Waals surface area contributed by atoms with Crippen molar-refractivity contribution in [1.29, 1.82) is 0 Å². The van der Waals surface area contributed by atoms with Crippen LogP contribution in [0.3, 0.4) is 0 Å². The van der Waals surface area contributed by atoms with E-state index in [0.717, 1.165) is 0 Å². The molecule has 0 saturated carbocycles. The summed E-state index contributed by atoms with van der Waals surface area (Å²) >= 11 is 0. The lowest BCUT2D eigenvalue weighted by molar-refractivity contribution is -0.633. The van der Waals surface area contributed by atoms with Gasteiger partial charge in [0.15, 0.2) is 0 Å². The van der Waals surface area contributed by atoms with Gasteiger partial charge in [-0.2, -0.15) is 4.57 Å². The number of nitrogens with zero attached hydrogens (tertiary/aromatic N) is 2. The minimum Gasteiger partial charge on any atom is -0.308 e. The third-order valence-corrected chi connectivity index (χ3v) is 7.58. The lowest BCUT2D eigenvalue weighted by atomic mass is 9.96. The average molecular weight is 456 g/mol. The van der Waals surface area contributed by atoms with E-state index in [-0.39, 0.29) is 0 Å². The Morgan fingerprint density at radius 3 is 1.89 bits per heavy atom. The van der Waals surface area contributed by atoms with Gasteiger partial charge in [0.05, 0.1) is 22.1 Å². The first kappa shape index (κ1) is 21.6. The summed E-state index contributed by atoms with van der Waals surface area (Å²) in [6, 6.07) is 29.4. The van der Waals surface area contributed by atoms with Gasteiger partial charge in [-0.1, -0.05) is 47.0 Å². The second kappa shape index (κ2) is 7.81. The molecular formula is C33H31N2+. The molecule has 4 aromatic carbocycles. The van der Waals surface area contributed by atoms with Gasteiger partial charge in [0.2, 0.25) is 11.2 Å². The van der Waals surface area contributed by atoms with Crippen molar-refractivity contribution >= 4 is 32.7 Å². The van der Waals surface area contributed by atoms with E-state index in [1.165, 1.54) is 77.5 Å². The van der Waals surface area contributed by atoms with Crippen LogP contribution in [0.25, 0.3) is 49.7 Å². The number of pyridine rings is 1. The maximum absolute atomic E-state index is 2.47. The largest absolute Gasteiger partial charge is 0.308 e. The Morgan fingerprint density at radius 1 is 0.600 bits per heavy atom. The molecular weight excluding hydrogens is 424 g/mol. The molecule has 35 heavy (non-hydrogen) atoms. The van der Waals surface area contributed by atoms with Crippen LogP contribution in [0, 0.1) is 34.6 Å². The van der Waals surface area contributed by atoms with Crippen molar-refractivity contribution in [2.45, 2.75) is 34.6 Å². The molecule has 0 unspecified atom stereocenters. The molecule has 0 aliphatic carbocycles. The highest BCUT2D eigenvalue weighted by Gasteiger charge is 2.23. The van der Waals surface area contributed by atoms with Crippen LogP contribution >= 0.6 is 0 Å². The SMILES string of the molecule is Cc1cc(C)c(C)c(-c2cc(-n3c4ccc(C)cc4c4cc(C)ccc43)c3ccccc3[n+]2C)c1. The van der Waals surface area contributed by atoms with Crippen LogP contribution in [-0.2, 0) is 7.05 Å². The Morgan fingerprint density at radius 2 is 1.23 bits per heavy atom. The molecule has 172 valence electrons. The van der Waals surface area contributed by atoms with Crippen molar-refractivity contribution in [3.05, 3.63) is 107 Å². The number of rotatable bonds is 2. The molecule has 2 aromatic heterocycles. The lowest BCUT2D eigenvalue weighted by Crippen LogP contribution is -2.33. The van der Waals surface area contributed by atoms with Crippen molar-refractivity contribution in [2.24, 2.45) is 7.05 Å². The Hall–Kier alpha value is -3.91. The molecule has 0 fully saturated rings. The fourth-order valence-electron chi connectivity index (χ4n) is 5.68. The summed E-state index contributed by atoms with van der Waals surface area (Å²) in [4.78, 5) is 0. The van der Waals surface area contributed by atoms with Gasteiger partial charge in [-0.3, -0.25) is 0 Å². The topological polar surface area (TPSA) is 8.81 Å². The zero-order valence-corrected chi connectivity index (χ0v) is 21.4. The van der Waals surface area contributed by atoms with Gasteiger partial charge in [-0.25, -0.2) is 0 Å². The molecule has 2 heteroatoms. The molecule has 0 radical (unpaired) electrons. The maximum Gasteiger partial charge on any atom is 0.215 e. The molecule has 0 spiro atoms. The quantitative estimate of drug-likeness (QED) is 0.234. The molecule has 0 bridgehead atoms. The average Bonchev–Trinajstić information content (AvgIpc) is 3.14. The summed E-state index contributed by atoms with van der Waals surface area (Å²) in [5.74, 6) is 0. The lowest BCUT2D eigenvalue weighted by Gasteiger charge is -2.15. The fraction of sp³-hybridized carbons (Fsp3) is 0.182. The van der Waals surface area contributed by atoms with E-state index in [0.29, 0.717) is 0 Å². The van der Waals surface area contributed by atoms with E-state index in [1.54, 1.807) is 0 Å². The predicted octanol–water partition coefficient (Wildman–Crippen LogP) is 7.97. The number of fused-ring (bicyclic) bond motifs is 4. The van der Waals surface area contributed by atoms with E-state index in [4.69, 9.17) is 0 Å². The second-order valence-electron chi connectivity index (χ2n) is 10.1. The molecule has 0 atom stereocenters. The van der Waals surface area contributed by atoms with Gasteiger partial charge in [-0.15, -0.1) is 0 Å². The summed E-state index contributed by atoms with van der Waals surface area (Å²) in [6.07, 6.45) is 0. The molecule has 0 amide bonds. The molecule has 2 nitrogen and oxygen atoms in total.